The summed E-state index contributed by atoms with van der Waals surface area (Å²) in [7, 11) is -3.21. The number of Topliss-reactive ketones (excluding diaryl/α,β-unsaturated/α-hetero) is 1. The van der Waals surface area contributed by atoms with Gasteiger partial charge in [-0.15, -0.1) is 0 Å². The average molecular weight is 487 g/mol. The van der Waals surface area contributed by atoms with Gasteiger partial charge in [0, 0.05) is 50.6 Å². The van der Waals surface area contributed by atoms with E-state index in [-0.39, 0.29) is 18.1 Å². The Balaban J connectivity index is 1.27. The van der Waals surface area contributed by atoms with E-state index in [2.05, 4.69) is 32.2 Å². The van der Waals surface area contributed by atoms with Crippen molar-refractivity contribution >= 4 is 26.8 Å². The smallest absolute Gasteiger partial charge is 0.211 e. The van der Waals surface area contributed by atoms with Crippen LogP contribution in [0, 0.1) is 5.92 Å². The molecule has 2 saturated heterocycles. The Morgan fingerprint density at radius 2 is 1.94 bits per heavy atom. The van der Waals surface area contributed by atoms with E-state index in [0.717, 1.165) is 49.4 Å². The van der Waals surface area contributed by atoms with Crippen molar-refractivity contribution in [3.63, 3.8) is 0 Å². The Morgan fingerprint density at radius 3 is 2.68 bits per heavy atom. The Labute approximate surface area is 198 Å². The lowest BCUT2D eigenvalue weighted by atomic mass is 9.90. The van der Waals surface area contributed by atoms with Crippen LogP contribution in [0.15, 0.2) is 24.4 Å². The number of aromatic amines is 2. The largest absolute Gasteiger partial charge is 0.379 e. The van der Waals surface area contributed by atoms with Crippen molar-refractivity contribution in [2.45, 2.75) is 25.8 Å². The zero-order valence-corrected chi connectivity index (χ0v) is 20.1. The van der Waals surface area contributed by atoms with Gasteiger partial charge in [0.05, 0.1) is 36.7 Å². The van der Waals surface area contributed by atoms with Gasteiger partial charge in [-0.25, -0.2) is 17.7 Å². The number of hydrogen-bond donors (Lipinski definition) is 2. The molecule has 0 unspecified atom stereocenters. The highest BCUT2D eigenvalue weighted by atomic mass is 32.2. The highest BCUT2D eigenvalue weighted by Crippen LogP contribution is 2.26. The molecule has 4 heterocycles. The van der Waals surface area contributed by atoms with Gasteiger partial charge in [0.15, 0.2) is 5.82 Å². The molecule has 11 heteroatoms. The van der Waals surface area contributed by atoms with Gasteiger partial charge in [0.2, 0.25) is 10.0 Å². The van der Waals surface area contributed by atoms with Crippen LogP contribution in [0.4, 0.5) is 0 Å². The number of imidazole rings is 1. The van der Waals surface area contributed by atoms with E-state index < -0.39 is 10.0 Å². The number of carbonyl (C=O) groups excluding carboxylic acids is 1. The normalized spacial score (nSPS) is 19.1. The number of carbonyl (C=O) groups is 1. The number of hydrogen-bond acceptors (Lipinski definition) is 7. The number of rotatable bonds is 7. The lowest BCUT2D eigenvalue weighted by Gasteiger charge is -2.29. The van der Waals surface area contributed by atoms with Crippen LogP contribution in [0.2, 0.25) is 0 Å². The number of nitrogens with one attached hydrogen (secondary N) is 2. The van der Waals surface area contributed by atoms with Gasteiger partial charge < -0.3 is 9.72 Å². The summed E-state index contributed by atoms with van der Waals surface area (Å²) < 4.78 is 30.3. The third kappa shape index (κ3) is 5.07. The molecule has 0 spiro atoms. The first kappa shape index (κ1) is 23.2. The average Bonchev–Trinajstić information content (AvgIpc) is 3.45. The van der Waals surface area contributed by atoms with Crippen LogP contribution in [0.1, 0.15) is 24.0 Å². The van der Waals surface area contributed by atoms with E-state index in [9.17, 15) is 13.2 Å². The zero-order valence-electron chi connectivity index (χ0n) is 19.3. The SMILES string of the molecule is CS(=O)(=O)N1CCC(C(=O)Cc2cn[nH]c2-c2nc3ccc(CN4CCOCC4)cc3[nH]2)CC1. The van der Waals surface area contributed by atoms with E-state index in [0.29, 0.717) is 37.4 Å². The second-order valence-corrected chi connectivity index (χ2v) is 11.2. The van der Waals surface area contributed by atoms with Gasteiger partial charge in [-0.1, -0.05) is 6.07 Å². The summed E-state index contributed by atoms with van der Waals surface area (Å²) in [5.74, 6) is 0.629. The van der Waals surface area contributed by atoms with Gasteiger partial charge in [-0.3, -0.25) is 14.8 Å². The van der Waals surface area contributed by atoms with Crippen LogP contribution in [-0.2, 0) is 32.5 Å². The highest BCUT2D eigenvalue weighted by Gasteiger charge is 2.29. The molecule has 182 valence electrons. The van der Waals surface area contributed by atoms with Crippen LogP contribution in [0.25, 0.3) is 22.6 Å². The number of ketones is 1. The minimum Gasteiger partial charge on any atom is -0.379 e. The van der Waals surface area contributed by atoms with Gasteiger partial charge >= 0.3 is 0 Å². The summed E-state index contributed by atoms with van der Waals surface area (Å²) in [5, 5.41) is 7.16. The standard InChI is InChI=1S/C23H30N6O4S/c1-34(31,32)29-6-4-17(5-7-29)21(30)13-18-14-24-27-22(18)23-25-19-3-2-16(12-20(19)26-23)15-28-8-10-33-11-9-28/h2-3,12,14,17H,4-11,13,15H2,1H3,(H,24,27)(H,25,26). The third-order valence-corrected chi connectivity index (χ3v) is 8.06. The first-order valence-electron chi connectivity index (χ1n) is 11.7. The number of benzene rings is 1. The molecule has 2 aromatic heterocycles. The summed E-state index contributed by atoms with van der Waals surface area (Å²) >= 11 is 0. The Bertz CT molecular complexity index is 1270. The number of aromatic nitrogens is 4. The molecule has 2 aliphatic heterocycles. The number of fused-ring (bicyclic) bond motifs is 1. The third-order valence-electron chi connectivity index (χ3n) is 6.75. The monoisotopic (exact) mass is 486 g/mol. The molecule has 0 radical (unpaired) electrons. The maximum atomic E-state index is 13.0. The predicted molar refractivity (Wildman–Crippen MR) is 128 cm³/mol. The van der Waals surface area contributed by atoms with Crippen LogP contribution < -0.4 is 0 Å². The number of morpholine rings is 1. The fraction of sp³-hybridized carbons (Fsp3) is 0.522. The van der Waals surface area contributed by atoms with Crippen molar-refractivity contribution in [1.82, 2.24) is 29.4 Å². The van der Waals surface area contributed by atoms with Gasteiger partial charge in [0.1, 0.15) is 11.5 Å². The molecule has 2 aliphatic rings. The highest BCUT2D eigenvalue weighted by molar-refractivity contribution is 7.88. The van der Waals surface area contributed by atoms with Crippen molar-refractivity contribution < 1.29 is 17.9 Å². The Hall–Kier alpha value is -2.60. The molecule has 0 amide bonds. The first-order chi connectivity index (χ1) is 16.4. The van der Waals surface area contributed by atoms with E-state index >= 15 is 0 Å². The lowest BCUT2D eigenvalue weighted by Crippen LogP contribution is -2.39. The molecule has 3 aromatic rings. The van der Waals surface area contributed by atoms with Gasteiger partial charge in [-0.05, 0) is 30.5 Å². The van der Waals surface area contributed by atoms with E-state index in [1.807, 2.05) is 6.07 Å². The number of H-pyrrole nitrogens is 2. The van der Waals surface area contributed by atoms with Crippen LogP contribution >= 0.6 is 0 Å². The minimum atomic E-state index is -3.21. The number of sulfonamides is 1. The first-order valence-corrected chi connectivity index (χ1v) is 13.5. The molecule has 0 bridgehead atoms. The zero-order chi connectivity index (χ0) is 23.7. The summed E-state index contributed by atoms with van der Waals surface area (Å²) in [5.41, 5.74) is 4.53. The molecule has 0 atom stereocenters. The fourth-order valence-electron chi connectivity index (χ4n) is 4.78. The summed E-state index contributed by atoms with van der Waals surface area (Å²) in [4.78, 5) is 23.4. The van der Waals surface area contributed by atoms with Gasteiger partial charge in [-0.2, -0.15) is 5.10 Å². The summed E-state index contributed by atoms with van der Waals surface area (Å²) in [6, 6.07) is 6.24. The molecule has 5 rings (SSSR count). The molecule has 1 aromatic carbocycles. The van der Waals surface area contributed by atoms with Crippen molar-refractivity contribution in [3.8, 4) is 11.5 Å². The maximum absolute atomic E-state index is 13.0. The molecule has 34 heavy (non-hydrogen) atoms. The summed E-state index contributed by atoms with van der Waals surface area (Å²) in [6.07, 6.45) is 4.24. The molecule has 0 aliphatic carbocycles. The molecule has 2 fully saturated rings. The number of piperidine rings is 1. The minimum absolute atomic E-state index is 0.111. The molecular formula is C23H30N6O4S. The van der Waals surface area contributed by atoms with Crippen molar-refractivity contribution in [1.29, 1.82) is 0 Å². The maximum Gasteiger partial charge on any atom is 0.211 e. The number of nitrogens with zero attached hydrogens (tertiary/aromatic N) is 4. The second-order valence-electron chi connectivity index (χ2n) is 9.18. The van der Waals surface area contributed by atoms with E-state index in [4.69, 9.17) is 9.72 Å². The second kappa shape index (κ2) is 9.57. The Kier molecular flexibility index (Phi) is 6.52. The topological polar surface area (TPSA) is 124 Å². The van der Waals surface area contributed by atoms with Crippen LogP contribution in [-0.4, -0.2) is 89.2 Å². The van der Waals surface area contributed by atoms with E-state index in [1.54, 1.807) is 6.20 Å². The molecule has 2 N–H and O–H groups in total. The predicted octanol–water partition coefficient (Wildman–Crippen LogP) is 1.57. The Morgan fingerprint density at radius 1 is 1.18 bits per heavy atom. The van der Waals surface area contributed by atoms with E-state index in [1.165, 1.54) is 16.1 Å². The van der Waals surface area contributed by atoms with Gasteiger partial charge in [0.25, 0.3) is 0 Å². The number of ether oxygens (including phenoxy) is 1. The van der Waals surface area contributed by atoms with Crippen LogP contribution in [0.5, 0.6) is 0 Å². The molecular weight excluding hydrogens is 456 g/mol. The summed E-state index contributed by atoms with van der Waals surface area (Å²) in [6.45, 7) is 5.07. The van der Waals surface area contributed by atoms with Crippen LogP contribution in [0.3, 0.4) is 0 Å². The molecule has 10 nitrogen and oxygen atoms in total. The molecule has 0 saturated carbocycles. The van der Waals surface area contributed by atoms with Crippen molar-refractivity contribution in [2.75, 3.05) is 45.6 Å². The fourth-order valence-corrected chi connectivity index (χ4v) is 5.66. The lowest BCUT2D eigenvalue weighted by molar-refractivity contribution is -0.123. The van der Waals surface area contributed by atoms with Crippen molar-refractivity contribution in [3.05, 3.63) is 35.5 Å². The quantitative estimate of drug-likeness (QED) is 0.519. The van der Waals surface area contributed by atoms with Crippen molar-refractivity contribution in [2.24, 2.45) is 5.92 Å².